The fourth-order valence-corrected chi connectivity index (χ4v) is 7.93. The number of hydrogen-bond donors (Lipinski definition) is 0. The van der Waals surface area contributed by atoms with Crippen LogP contribution < -0.4 is 4.90 Å². The van der Waals surface area contributed by atoms with Crippen molar-refractivity contribution >= 4 is 71.2 Å². The summed E-state index contributed by atoms with van der Waals surface area (Å²) >= 11 is 0. The number of para-hydroxylation sites is 3. The second-order valence-electron chi connectivity index (χ2n) is 12.9. The second kappa shape index (κ2) is 11.5. The highest BCUT2D eigenvalue weighted by atomic mass is 15.2. The van der Waals surface area contributed by atoms with Crippen LogP contribution in [0.3, 0.4) is 0 Å². The number of benzene rings is 9. The van der Waals surface area contributed by atoms with Crippen molar-refractivity contribution in [2.24, 2.45) is 0 Å². The van der Waals surface area contributed by atoms with Crippen molar-refractivity contribution in [2.45, 2.75) is 0 Å². The average molecular weight is 637 g/mol. The topological polar surface area (TPSA) is 8.17 Å². The van der Waals surface area contributed by atoms with Gasteiger partial charge in [0.1, 0.15) is 0 Å². The molecule has 0 N–H and O–H groups in total. The minimum absolute atomic E-state index is 1.11. The van der Waals surface area contributed by atoms with Gasteiger partial charge in [-0.25, -0.2) is 0 Å². The second-order valence-corrected chi connectivity index (χ2v) is 12.9. The van der Waals surface area contributed by atoms with Crippen LogP contribution in [0.1, 0.15) is 0 Å². The Labute approximate surface area is 290 Å². The molecule has 2 nitrogen and oxygen atoms in total. The van der Waals surface area contributed by atoms with E-state index in [1.807, 2.05) is 0 Å². The maximum Gasteiger partial charge on any atom is 0.0782 e. The van der Waals surface area contributed by atoms with Gasteiger partial charge >= 0.3 is 0 Å². The lowest BCUT2D eigenvalue weighted by Gasteiger charge is -2.29. The van der Waals surface area contributed by atoms with E-state index in [1.165, 1.54) is 65.3 Å². The molecule has 0 bridgehead atoms. The molecule has 234 valence electrons. The lowest BCUT2D eigenvalue weighted by atomic mass is 9.94. The highest BCUT2D eigenvalue weighted by molar-refractivity contribution is 6.24. The molecule has 50 heavy (non-hydrogen) atoms. The molecule has 9 aromatic carbocycles. The lowest BCUT2D eigenvalue weighted by molar-refractivity contribution is 1.17. The smallest absolute Gasteiger partial charge is 0.0782 e. The number of fused-ring (bicyclic) bond motifs is 8. The van der Waals surface area contributed by atoms with Crippen molar-refractivity contribution < 1.29 is 0 Å². The molecule has 0 aliphatic carbocycles. The third-order valence-corrected chi connectivity index (χ3v) is 10.1. The van der Waals surface area contributed by atoms with Crippen molar-refractivity contribution in [2.75, 3.05) is 4.90 Å². The van der Waals surface area contributed by atoms with Crippen LogP contribution in [0, 0.1) is 0 Å². The molecule has 0 spiro atoms. The van der Waals surface area contributed by atoms with E-state index in [0.717, 1.165) is 22.7 Å². The zero-order valence-corrected chi connectivity index (χ0v) is 27.4. The summed E-state index contributed by atoms with van der Waals surface area (Å²) < 4.78 is 2.44. The fraction of sp³-hybridized carbons (Fsp3) is 0. The van der Waals surface area contributed by atoms with Gasteiger partial charge in [0.05, 0.1) is 22.4 Å². The molecule has 0 saturated carbocycles. The Balaban J connectivity index is 1.35. The first-order valence-corrected chi connectivity index (χ1v) is 17.2. The van der Waals surface area contributed by atoms with Crippen LogP contribution in [0.25, 0.3) is 70.9 Å². The molecule has 2 heteroatoms. The number of aromatic nitrogens is 1. The largest absolute Gasteiger partial charge is 0.308 e. The van der Waals surface area contributed by atoms with E-state index in [4.69, 9.17) is 0 Å². The first-order valence-electron chi connectivity index (χ1n) is 17.2. The molecule has 10 aromatic rings. The summed E-state index contributed by atoms with van der Waals surface area (Å²) in [6, 6.07) is 70.5. The third-order valence-electron chi connectivity index (χ3n) is 10.1. The summed E-state index contributed by atoms with van der Waals surface area (Å²) in [6.45, 7) is 0. The van der Waals surface area contributed by atoms with Gasteiger partial charge in [0.25, 0.3) is 0 Å². The Hall–Kier alpha value is -6.64. The van der Waals surface area contributed by atoms with Crippen molar-refractivity contribution in [3.63, 3.8) is 0 Å². The minimum atomic E-state index is 1.11. The molecular formula is C48H32N2. The predicted molar refractivity (Wildman–Crippen MR) is 213 cm³/mol. The molecule has 0 amide bonds. The summed E-state index contributed by atoms with van der Waals surface area (Å²) in [5.74, 6) is 0. The zero-order chi connectivity index (χ0) is 33.0. The highest BCUT2D eigenvalue weighted by Gasteiger charge is 2.24. The van der Waals surface area contributed by atoms with Crippen LogP contribution in [0.4, 0.5) is 17.1 Å². The molecule has 1 aromatic heterocycles. The fourth-order valence-electron chi connectivity index (χ4n) is 7.93. The van der Waals surface area contributed by atoms with Gasteiger partial charge < -0.3 is 9.47 Å². The number of anilines is 3. The Morgan fingerprint density at radius 3 is 1.82 bits per heavy atom. The Bertz CT molecular complexity index is 2870. The molecule has 0 unspecified atom stereocenters. The van der Waals surface area contributed by atoms with Crippen LogP contribution >= 0.6 is 0 Å². The summed E-state index contributed by atoms with van der Waals surface area (Å²) in [6.07, 6.45) is 0. The van der Waals surface area contributed by atoms with E-state index in [2.05, 4.69) is 204 Å². The van der Waals surface area contributed by atoms with E-state index in [-0.39, 0.29) is 0 Å². The van der Waals surface area contributed by atoms with Crippen LogP contribution in [0.15, 0.2) is 194 Å². The van der Waals surface area contributed by atoms with Crippen LogP contribution in [-0.2, 0) is 0 Å². The van der Waals surface area contributed by atoms with Gasteiger partial charge in [0, 0.05) is 27.5 Å². The Morgan fingerprint density at radius 1 is 0.360 bits per heavy atom. The van der Waals surface area contributed by atoms with Gasteiger partial charge in [0.15, 0.2) is 0 Å². The van der Waals surface area contributed by atoms with E-state index < -0.39 is 0 Å². The average Bonchev–Trinajstić information content (AvgIpc) is 3.54. The van der Waals surface area contributed by atoms with Crippen LogP contribution in [0.5, 0.6) is 0 Å². The molecule has 10 rings (SSSR count). The summed E-state index contributed by atoms with van der Waals surface area (Å²) in [5.41, 5.74) is 9.25. The monoisotopic (exact) mass is 636 g/mol. The molecule has 0 saturated heterocycles. The minimum Gasteiger partial charge on any atom is -0.308 e. The maximum atomic E-state index is 2.49. The molecule has 0 fully saturated rings. The zero-order valence-electron chi connectivity index (χ0n) is 27.4. The quantitative estimate of drug-likeness (QED) is 0.171. The lowest BCUT2D eigenvalue weighted by Crippen LogP contribution is -2.12. The van der Waals surface area contributed by atoms with Gasteiger partial charge in [-0.1, -0.05) is 152 Å². The third kappa shape index (κ3) is 4.43. The van der Waals surface area contributed by atoms with Crippen LogP contribution in [0.2, 0.25) is 0 Å². The van der Waals surface area contributed by atoms with Gasteiger partial charge in [0.2, 0.25) is 0 Å². The van der Waals surface area contributed by atoms with Crippen molar-refractivity contribution in [1.29, 1.82) is 0 Å². The number of rotatable bonds is 5. The van der Waals surface area contributed by atoms with Gasteiger partial charge in [-0.3, -0.25) is 0 Å². The first-order chi connectivity index (χ1) is 24.8. The summed E-state index contributed by atoms with van der Waals surface area (Å²) in [5, 5.41) is 9.95. The molecule has 0 radical (unpaired) electrons. The van der Waals surface area contributed by atoms with E-state index in [1.54, 1.807) is 0 Å². The molecular weight excluding hydrogens is 605 g/mol. The maximum absolute atomic E-state index is 2.49. The molecule has 1 heterocycles. The first kappa shape index (κ1) is 28.4. The molecule has 0 aliphatic heterocycles. The standard InChI is InChI=1S/C48H32N2/c1-3-15-33(16-4-1)35-18-13-21-38(31-35)49(46-32-36-30-29-34-17-7-8-22-39(34)47(36)42-25-10-9-23-40(42)46)45-28-14-26-43-41-24-11-12-27-44(41)50(48(43)45)37-19-5-2-6-20-37/h1-32H. The molecule has 0 atom stereocenters. The predicted octanol–water partition coefficient (Wildman–Crippen LogP) is 13.4. The van der Waals surface area contributed by atoms with E-state index in [9.17, 15) is 0 Å². The molecule has 0 aliphatic rings. The van der Waals surface area contributed by atoms with Crippen LogP contribution in [-0.4, -0.2) is 4.57 Å². The van der Waals surface area contributed by atoms with Crippen molar-refractivity contribution in [3.05, 3.63) is 194 Å². The van der Waals surface area contributed by atoms with E-state index >= 15 is 0 Å². The summed E-state index contributed by atoms with van der Waals surface area (Å²) in [7, 11) is 0. The van der Waals surface area contributed by atoms with Gasteiger partial charge in [-0.15, -0.1) is 0 Å². The Kier molecular flexibility index (Phi) is 6.53. The number of hydrogen-bond acceptors (Lipinski definition) is 1. The highest BCUT2D eigenvalue weighted by Crippen LogP contribution is 2.47. The van der Waals surface area contributed by atoms with Gasteiger partial charge in [-0.2, -0.15) is 0 Å². The summed E-state index contributed by atoms with van der Waals surface area (Å²) in [4.78, 5) is 2.49. The van der Waals surface area contributed by atoms with Crippen molar-refractivity contribution in [1.82, 2.24) is 4.57 Å². The Morgan fingerprint density at radius 2 is 0.980 bits per heavy atom. The SMILES string of the molecule is c1ccc(-c2cccc(N(c3cc4ccc5ccccc5c4c4ccccc34)c3cccc4c5ccccc5n(-c5ccccc5)c34)c2)cc1. The normalized spacial score (nSPS) is 11.6. The number of nitrogens with zero attached hydrogens (tertiary/aromatic N) is 2. The van der Waals surface area contributed by atoms with Gasteiger partial charge in [-0.05, 0) is 80.5 Å². The van der Waals surface area contributed by atoms with E-state index in [0.29, 0.717) is 0 Å². The van der Waals surface area contributed by atoms with Crippen molar-refractivity contribution in [3.8, 4) is 16.8 Å².